The number of carbonyl (C=O) groups is 4. The molecule has 0 spiro atoms. The Morgan fingerprint density at radius 1 is 0.791 bits per heavy atom. The SMILES string of the molecule is COC(=O)[C@@H](Cc1ccccc1)NC(=O)N(C[C@@H](O)[C@@H](Cc1ccccc1)NC(=O)OC(C)(C)C)C(=O)c1ccccc1. The van der Waals surface area contributed by atoms with Crippen LogP contribution in [0.15, 0.2) is 91.0 Å². The number of carbonyl (C=O) groups excluding carboxylic acids is 4. The van der Waals surface area contributed by atoms with Crippen LogP contribution in [0.25, 0.3) is 0 Å². The minimum absolute atomic E-state index is 0.117. The first-order chi connectivity index (χ1) is 20.5. The van der Waals surface area contributed by atoms with Crippen molar-refractivity contribution in [3.05, 3.63) is 108 Å². The molecule has 3 aromatic carbocycles. The first-order valence-corrected chi connectivity index (χ1v) is 14.0. The summed E-state index contributed by atoms with van der Waals surface area (Å²) in [6.07, 6.45) is -1.86. The molecule has 0 aliphatic rings. The van der Waals surface area contributed by atoms with Crippen LogP contribution in [-0.4, -0.2) is 71.5 Å². The number of amides is 4. The van der Waals surface area contributed by atoms with Crippen LogP contribution in [0.1, 0.15) is 42.3 Å². The summed E-state index contributed by atoms with van der Waals surface area (Å²) < 4.78 is 10.3. The monoisotopic (exact) mass is 589 g/mol. The summed E-state index contributed by atoms with van der Waals surface area (Å²) in [4.78, 5) is 53.5. The van der Waals surface area contributed by atoms with Gasteiger partial charge in [-0.3, -0.25) is 9.69 Å². The summed E-state index contributed by atoms with van der Waals surface area (Å²) in [7, 11) is 1.21. The molecule has 0 aromatic heterocycles. The van der Waals surface area contributed by atoms with Gasteiger partial charge in [-0.05, 0) is 50.5 Å². The topological polar surface area (TPSA) is 134 Å². The van der Waals surface area contributed by atoms with E-state index in [9.17, 15) is 24.3 Å². The average Bonchev–Trinajstić information content (AvgIpc) is 2.98. The summed E-state index contributed by atoms with van der Waals surface area (Å²) in [5.41, 5.74) is 0.982. The maximum absolute atomic E-state index is 13.7. The van der Waals surface area contributed by atoms with Gasteiger partial charge in [0, 0.05) is 12.0 Å². The van der Waals surface area contributed by atoms with Crippen molar-refractivity contribution in [1.29, 1.82) is 0 Å². The van der Waals surface area contributed by atoms with E-state index in [1.165, 1.54) is 19.2 Å². The normalized spacial score (nSPS) is 13.1. The standard InChI is InChI=1S/C33H39N3O7/c1-33(2,3)43-32(41)35-26(20-23-14-8-5-9-15-23)28(37)22-36(29(38)25-18-12-7-13-19-25)31(40)34-27(30(39)42-4)21-24-16-10-6-11-17-24/h5-19,26-28,37H,20-22H2,1-4H3,(H,34,40)(H,35,41)/t26-,27-,28-/m1/s1. The van der Waals surface area contributed by atoms with Gasteiger partial charge in [0.1, 0.15) is 11.6 Å². The van der Waals surface area contributed by atoms with Gasteiger partial charge in [0.05, 0.1) is 25.8 Å². The fourth-order valence-electron chi connectivity index (χ4n) is 4.33. The zero-order chi connectivity index (χ0) is 31.4. The van der Waals surface area contributed by atoms with Crippen LogP contribution in [0.2, 0.25) is 0 Å². The molecule has 43 heavy (non-hydrogen) atoms. The van der Waals surface area contributed by atoms with Gasteiger partial charge in [-0.25, -0.2) is 14.4 Å². The Morgan fingerprint density at radius 3 is 1.81 bits per heavy atom. The van der Waals surface area contributed by atoms with Gasteiger partial charge in [-0.2, -0.15) is 0 Å². The molecule has 0 aliphatic carbocycles. The molecule has 3 aromatic rings. The van der Waals surface area contributed by atoms with E-state index in [1.54, 1.807) is 63.2 Å². The van der Waals surface area contributed by atoms with Crippen LogP contribution in [0.4, 0.5) is 9.59 Å². The van der Waals surface area contributed by atoms with Crippen molar-refractivity contribution < 1.29 is 33.8 Å². The Kier molecular flexibility index (Phi) is 11.8. The number of benzene rings is 3. The van der Waals surface area contributed by atoms with Gasteiger partial charge in [0.25, 0.3) is 5.91 Å². The first kappa shape index (κ1) is 32.8. The number of aliphatic hydroxyl groups is 1. The maximum atomic E-state index is 13.7. The minimum atomic E-state index is -1.41. The number of nitrogens with zero attached hydrogens (tertiary/aromatic N) is 1. The lowest BCUT2D eigenvalue weighted by Crippen LogP contribution is -2.56. The summed E-state index contributed by atoms with van der Waals surface area (Å²) in [5, 5.41) is 16.7. The van der Waals surface area contributed by atoms with Crippen molar-refractivity contribution in [3.8, 4) is 0 Å². The Hall–Kier alpha value is -4.70. The largest absolute Gasteiger partial charge is 0.467 e. The van der Waals surface area contributed by atoms with Gasteiger partial charge >= 0.3 is 18.1 Å². The highest BCUT2D eigenvalue weighted by Crippen LogP contribution is 2.14. The van der Waals surface area contributed by atoms with E-state index in [2.05, 4.69) is 10.6 Å². The molecule has 10 heteroatoms. The van der Waals surface area contributed by atoms with Gasteiger partial charge in [0.15, 0.2) is 0 Å². The maximum Gasteiger partial charge on any atom is 0.407 e. The zero-order valence-corrected chi connectivity index (χ0v) is 24.9. The first-order valence-electron chi connectivity index (χ1n) is 14.0. The van der Waals surface area contributed by atoms with E-state index >= 15 is 0 Å². The van der Waals surface area contributed by atoms with Crippen LogP contribution >= 0.6 is 0 Å². The molecular formula is C33H39N3O7. The number of aliphatic hydroxyl groups excluding tert-OH is 1. The van der Waals surface area contributed by atoms with E-state index < -0.39 is 54.3 Å². The molecule has 228 valence electrons. The number of alkyl carbamates (subject to hydrolysis) is 1. The van der Waals surface area contributed by atoms with Gasteiger partial charge in [0.2, 0.25) is 0 Å². The molecule has 0 saturated carbocycles. The molecule has 3 atom stereocenters. The second kappa shape index (κ2) is 15.5. The Bertz CT molecular complexity index is 1350. The number of ether oxygens (including phenoxy) is 2. The lowest BCUT2D eigenvalue weighted by Gasteiger charge is -2.31. The molecule has 0 heterocycles. The van der Waals surface area contributed by atoms with Gasteiger partial charge in [-0.15, -0.1) is 0 Å². The number of imide groups is 1. The van der Waals surface area contributed by atoms with Crippen LogP contribution in [0, 0.1) is 0 Å². The fourth-order valence-corrected chi connectivity index (χ4v) is 4.33. The molecule has 0 aliphatic heterocycles. The molecule has 4 amide bonds. The van der Waals surface area contributed by atoms with E-state index in [1.807, 2.05) is 36.4 Å². The van der Waals surface area contributed by atoms with Crippen LogP contribution in [0.5, 0.6) is 0 Å². The van der Waals surface area contributed by atoms with Crippen molar-refractivity contribution in [2.75, 3.05) is 13.7 Å². The average molecular weight is 590 g/mol. The molecular weight excluding hydrogens is 550 g/mol. The molecule has 0 radical (unpaired) electrons. The van der Waals surface area contributed by atoms with Crippen LogP contribution in [0.3, 0.4) is 0 Å². The number of hydrogen-bond donors (Lipinski definition) is 3. The summed E-state index contributed by atoms with van der Waals surface area (Å²) >= 11 is 0. The Labute approximate surface area is 252 Å². The molecule has 0 bridgehead atoms. The predicted octanol–water partition coefficient (Wildman–Crippen LogP) is 4.12. The molecule has 3 rings (SSSR count). The predicted molar refractivity (Wildman–Crippen MR) is 161 cm³/mol. The quantitative estimate of drug-likeness (QED) is 0.287. The number of hydrogen-bond acceptors (Lipinski definition) is 7. The van der Waals surface area contributed by atoms with E-state index in [4.69, 9.17) is 9.47 Å². The second-order valence-electron chi connectivity index (χ2n) is 11.0. The Morgan fingerprint density at radius 2 is 1.30 bits per heavy atom. The number of methoxy groups -OCH3 is 1. The summed E-state index contributed by atoms with van der Waals surface area (Å²) in [6.45, 7) is 4.65. The van der Waals surface area contributed by atoms with E-state index in [0.717, 1.165) is 16.0 Å². The summed E-state index contributed by atoms with van der Waals surface area (Å²) in [5.74, 6) is -1.39. The van der Waals surface area contributed by atoms with Crippen molar-refractivity contribution in [2.45, 2.75) is 57.4 Å². The molecule has 10 nitrogen and oxygen atoms in total. The lowest BCUT2D eigenvalue weighted by molar-refractivity contribution is -0.142. The van der Waals surface area contributed by atoms with Crippen LogP contribution in [-0.2, 0) is 27.1 Å². The van der Waals surface area contributed by atoms with Crippen molar-refractivity contribution in [1.82, 2.24) is 15.5 Å². The highest BCUT2D eigenvalue weighted by atomic mass is 16.6. The number of rotatable bonds is 11. The van der Waals surface area contributed by atoms with E-state index in [0.29, 0.717) is 0 Å². The smallest absolute Gasteiger partial charge is 0.407 e. The van der Waals surface area contributed by atoms with Crippen LogP contribution < -0.4 is 10.6 Å². The molecule has 3 N–H and O–H groups in total. The fraction of sp³-hybridized carbons (Fsp3) is 0.333. The zero-order valence-electron chi connectivity index (χ0n) is 24.9. The van der Waals surface area contributed by atoms with Crippen molar-refractivity contribution >= 4 is 24.0 Å². The Balaban J connectivity index is 1.90. The molecule has 0 unspecified atom stereocenters. The van der Waals surface area contributed by atoms with Gasteiger partial charge in [-0.1, -0.05) is 78.9 Å². The third-order valence-corrected chi connectivity index (χ3v) is 6.41. The molecule has 0 fully saturated rings. The number of esters is 1. The van der Waals surface area contributed by atoms with Crippen molar-refractivity contribution in [3.63, 3.8) is 0 Å². The molecule has 0 saturated heterocycles. The minimum Gasteiger partial charge on any atom is -0.467 e. The van der Waals surface area contributed by atoms with Crippen molar-refractivity contribution in [2.24, 2.45) is 0 Å². The third kappa shape index (κ3) is 10.6. The third-order valence-electron chi connectivity index (χ3n) is 6.41. The number of nitrogens with one attached hydrogen (secondary N) is 2. The summed E-state index contributed by atoms with van der Waals surface area (Å²) in [6, 6.07) is 23.3. The second-order valence-corrected chi connectivity index (χ2v) is 11.0. The lowest BCUT2D eigenvalue weighted by atomic mass is 10.0. The number of urea groups is 1. The van der Waals surface area contributed by atoms with E-state index in [-0.39, 0.29) is 18.4 Å². The van der Waals surface area contributed by atoms with Gasteiger partial charge < -0.3 is 25.2 Å². The highest BCUT2D eigenvalue weighted by molar-refractivity contribution is 6.04. The highest BCUT2D eigenvalue weighted by Gasteiger charge is 2.33.